The fourth-order valence-corrected chi connectivity index (χ4v) is 2.40. The summed E-state index contributed by atoms with van der Waals surface area (Å²) in [5.41, 5.74) is -0.219. The third-order valence-corrected chi connectivity index (χ3v) is 3.50. The monoisotopic (exact) mass is 312 g/mol. The Morgan fingerprint density at radius 1 is 1.41 bits per heavy atom. The van der Waals surface area contributed by atoms with Crippen molar-refractivity contribution < 1.29 is 23.1 Å². The molecule has 1 atom stereocenters. The van der Waals surface area contributed by atoms with Gasteiger partial charge in [0.2, 0.25) is 0 Å². The highest BCUT2D eigenvalue weighted by molar-refractivity contribution is 5.90. The molecule has 0 spiro atoms. The van der Waals surface area contributed by atoms with Gasteiger partial charge in [-0.2, -0.15) is 0 Å². The first kappa shape index (κ1) is 16.2. The minimum atomic E-state index is -0.714. The number of hydrogen-bond acceptors (Lipinski definition) is 3. The Hall–Kier alpha value is -2.18. The number of rotatable bonds is 3. The van der Waals surface area contributed by atoms with E-state index in [1.165, 1.54) is 4.90 Å². The maximum absolute atomic E-state index is 13.5. The standard InChI is InChI=1S/C15H18F2N2O3/c1-2-22-14(20)10-4-3-7-19(9-10)15(21)18-13-8-11(16)5-6-12(13)17/h5-6,8,10H,2-4,7,9H2,1H3,(H,18,21). The molecule has 2 amide bonds. The van der Waals surface area contributed by atoms with Gasteiger partial charge in [0.25, 0.3) is 0 Å². The van der Waals surface area contributed by atoms with E-state index in [1.807, 2.05) is 0 Å². The SMILES string of the molecule is CCOC(=O)C1CCCN(C(=O)Nc2cc(F)ccc2F)C1. The largest absolute Gasteiger partial charge is 0.466 e. The van der Waals surface area contributed by atoms with E-state index in [0.29, 0.717) is 19.4 Å². The molecule has 1 aromatic carbocycles. The number of urea groups is 1. The lowest BCUT2D eigenvalue weighted by molar-refractivity contribution is -0.149. The number of nitrogens with one attached hydrogen (secondary N) is 1. The van der Waals surface area contributed by atoms with Crippen LogP contribution in [0.4, 0.5) is 19.3 Å². The van der Waals surface area contributed by atoms with Crippen molar-refractivity contribution >= 4 is 17.7 Å². The number of benzene rings is 1. The molecule has 1 aliphatic rings. The Labute approximate surface area is 127 Å². The lowest BCUT2D eigenvalue weighted by Gasteiger charge is -2.31. The zero-order valence-corrected chi connectivity index (χ0v) is 12.3. The molecule has 1 fully saturated rings. The highest BCUT2D eigenvalue weighted by atomic mass is 19.1. The van der Waals surface area contributed by atoms with Gasteiger partial charge in [-0.05, 0) is 31.9 Å². The molecule has 1 aliphatic heterocycles. The molecule has 1 heterocycles. The molecular formula is C15H18F2N2O3. The molecule has 1 unspecified atom stereocenters. The van der Waals surface area contributed by atoms with Gasteiger partial charge in [0.05, 0.1) is 18.2 Å². The van der Waals surface area contributed by atoms with Crippen molar-refractivity contribution in [3.05, 3.63) is 29.8 Å². The lowest BCUT2D eigenvalue weighted by atomic mass is 9.98. The number of anilines is 1. The first-order valence-electron chi connectivity index (χ1n) is 7.19. The number of hydrogen-bond donors (Lipinski definition) is 1. The maximum atomic E-state index is 13.5. The molecule has 120 valence electrons. The number of nitrogens with zero attached hydrogens (tertiary/aromatic N) is 1. The van der Waals surface area contributed by atoms with Gasteiger partial charge in [-0.25, -0.2) is 13.6 Å². The van der Waals surface area contributed by atoms with E-state index < -0.39 is 17.7 Å². The molecule has 7 heteroatoms. The van der Waals surface area contributed by atoms with E-state index in [-0.39, 0.29) is 30.7 Å². The Balaban J connectivity index is 2.00. The molecule has 0 radical (unpaired) electrons. The summed E-state index contributed by atoms with van der Waals surface area (Å²) in [4.78, 5) is 25.3. The van der Waals surface area contributed by atoms with Crippen LogP contribution in [-0.4, -0.2) is 36.6 Å². The van der Waals surface area contributed by atoms with E-state index in [9.17, 15) is 18.4 Å². The molecule has 1 saturated heterocycles. The minimum absolute atomic E-state index is 0.210. The number of likely N-dealkylation sites (tertiary alicyclic amines) is 1. The summed E-state index contributed by atoms with van der Waals surface area (Å²) in [7, 11) is 0. The van der Waals surface area contributed by atoms with Gasteiger partial charge >= 0.3 is 12.0 Å². The summed E-state index contributed by atoms with van der Waals surface area (Å²) in [5.74, 6) is -2.07. The summed E-state index contributed by atoms with van der Waals surface area (Å²) in [5, 5.41) is 2.33. The predicted molar refractivity (Wildman–Crippen MR) is 76.3 cm³/mol. The number of halogens is 2. The number of carbonyl (C=O) groups excluding carboxylic acids is 2. The van der Waals surface area contributed by atoms with Crippen molar-refractivity contribution in [1.82, 2.24) is 4.90 Å². The second-order valence-corrected chi connectivity index (χ2v) is 5.09. The van der Waals surface area contributed by atoms with E-state index >= 15 is 0 Å². The first-order chi connectivity index (χ1) is 10.5. The molecule has 2 rings (SSSR count). The van der Waals surface area contributed by atoms with Crippen LogP contribution in [0, 0.1) is 17.6 Å². The van der Waals surface area contributed by atoms with Crippen LogP contribution in [0.15, 0.2) is 18.2 Å². The van der Waals surface area contributed by atoms with E-state index in [4.69, 9.17) is 4.74 Å². The normalized spacial score (nSPS) is 18.0. The summed E-state index contributed by atoms with van der Waals surface area (Å²) >= 11 is 0. The van der Waals surface area contributed by atoms with Crippen molar-refractivity contribution in [2.45, 2.75) is 19.8 Å². The summed E-state index contributed by atoms with van der Waals surface area (Å²) in [6.07, 6.45) is 1.31. The van der Waals surface area contributed by atoms with Gasteiger partial charge in [0.1, 0.15) is 11.6 Å². The first-order valence-corrected chi connectivity index (χ1v) is 7.19. The average molecular weight is 312 g/mol. The second-order valence-electron chi connectivity index (χ2n) is 5.09. The highest BCUT2D eigenvalue weighted by Crippen LogP contribution is 2.20. The number of amides is 2. The fourth-order valence-electron chi connectivity index (χ4n) is 2.40. The number of ether oxygens (including phenoxy) is 1. The third kappa shape index (κ3) is 3.93. The second kappa shape index (κ2) is 7.20. The van der Waals surface area contributed by atoms with Crippen LogP contribution in [0.25, 0.3) is 0 Å². The van der Waals surface area contributed by atoms with Gasteiger partial charge in [0.15, 0.2) is 0 Å². The maximum Gasteiger partial charge on any atom is 0.321 e. The van der Waals surface area contributed by atoms with Gasteiger partial charge in [0, 0.05) is 19.2 Å². The van der Waals surface area contributed by atoms with Crippen LogP contribution in [0.1, 0.15) is 19.8 Å². The number of carbonyl (C=O) groups is 2. The summed E-state index contributed by atoms with van der Waals surface area (Å²) in [6.45, 7) is 2.67. The highest BCUT2D eigenvalue weighted by Gasteiger charge is 2.29. The van der Waals surface area contributed by atoms with Crippen molar-refractivity contribution in [2.75, 3.05) is 25.0 Å². The third-order valence-electron chi connectivity index (χ3n) is 3.50. The van der Waals surface area contributed by atoms with Gasteiger partial charge < -0.3 is 15.0 Å². The van der Waals surface area contributed by atoms with Crippen molar-refractivity contribution in [3.63, 3.8) is 0 Å². The molecule has 1 aromatic rings. The zero-order chi connectivity index (χ0) is 16.1. The molecule has 22 heavy (non-hydrogen) atoms. The van der Waals surface area contributed by atoms with E-state index in [0.717, 1.165) is 18.2 Å². The van der Waals surface area contributed by atoms with Gasteiger partial charge in [-0.1, -0.05) is 0 Å². The lowest BCUT2D eigenvalue weighted by Crippen LogP contribution is -2.44. The van der Waals surface area contributed by atoms with E-state index in [1.54, 1.807) is 6.92 Å². The van der Waals surface area contributed by atoms with E-state index in [2.05, 4.69) is 5.32 Å². The van der Waals surface area contributed by atoms with Gasteiger partial charge in [-0.3, -0.25) is 4.79 Å². The minimum Gasteiger partial charge on any atom is -0.466 e. The van der Waals surface area contributed by atoms with Crippen LogP contribution < -0.4 is 5.32 Å². The van der Waals surface area contributed by atoms with Crippen LogP contribution in [0.5, 0.6) is 0 Å². The summed E-state index contributed by atoms with van der Waals surface area (Å²) in [6, 6.07) is 2.28. The van der Waals surface area contributed by atoms with Crippen molar-refractivity contribution in [3.8, 4) is 0 Å². The van der Waals surface area contributed by atoms with Crippen LogP contribution in [0.2, 0.25) is 0 Å². The van der Waals surface area contributed by atoms with Crippen molar-refractivity contribution in [2.24, 2.45) is 5.92 Å². The molecule has 0 saturated carbocycles. The Morgan fingerprint density at radius 2 is 2.18 bits per heavy atom. The molecule has 0 aliphatic carbocycles. The fraction of sp³-hybridized carbons (Fsp3) is 0.467. The molecule has 0 bridgehead atoms. The predicted octanol–water partition coefficient (Wildman–Crippen LogP) is 2.77. The van der Waals surface area contributed by atoms with Crippen molar-refractivity contribution in [1.29, 1.82) is 0 Å². The zero-order valence-electron chi connectivity index (χ0n) is 12.3. The van der Waals surface area contributed by atoms with Crippen LogP contribution >= 0.6 is 0 Å². The quantitative estimate of drug-likeness (QED) is 0.873. The Bertz CT molecular complexity index is 566. The van der Waals surface area contributed by atoms with Crippen LogP contribution in [0.3, 0.4) is 0 Å². The number of esters is 1. The Kier molecular flexibility index (Phi) is 5.30. The van der Waals surface area contributed by atoms with Gasteiger partial charge in [-0.15, -0.1) is 0 Å². The molecule has 0 aromatic heterocycles. The molecular weight excluding hydrogens is 294 g/mol. The average Bonchev–Trinajstić information content (AvgIpc) is 2.51. The molecule has 1 N–H and O–H groups in total. The number of piperidine rings is 1. The topological polar surface area (TPSA) is 58.6 Å². The Morgan fingerprint density at radius 3 is 2.91 bits per heavy atom. The summed E-state index contributed by atoms with van der Waals surface area (Å²) < 4.78 is 31.6. The smallest absolute Gasteiger partial charge is 0.321 e. The van der Waals surface area contributed by atoms with Crippen LogP contribution in [-0.2, 0) is 9.53 Å². The molecule has 5 nitrogen and oxygen atoms in total.